The Kier molecular flexibility index (Phi) is 7.46. The second-order valence-electron chi connectivity index (χ2n) is 7.16. The molecule has 8 heteroatoms. The Morgan fingerprint density at radius 1 is 1.25 bits per heavy atom. The Morgan fingerprint density at radius 2 is 1.96 bits per heavy atom. The third kappa shape index (κ3) is 6.57. The van der Waals surface area contributed by atoms with Gasteiger partial charge in [-0.2, -0.15) is 5.26 Å². The minimum atomic E-state index is -0.912. The number of carbonyl (C=O) groups excluding carboxylic acids is 3. The van der Waals surface area contributed by atoms with Gasteiger partial charge in [-0.1, -0.05) is 17.7 Å². The molecule has 1 fully saturated rings. The number of rotatable bonds is 9. The number of thioether (sulfide) groups is 1. The van der Waals surface area contributed by atoms with Crippen molar-refractivity contribution < 1.29 is 19.1 Å². The van der Waals surface area contributed by atoms with Crippen LogP contribution in [0.1, 0.15) is 30.9 Å². The van der Waals surface area contributed by atoms with E-state index in [4.69, 9.17) is 4.74 Å². The Hall–Kier alpha value is -2.53. The third-order valence-corrected chi connectivity index (χ3v) is 5.40. The lowest BCUT2D eigenvalue weighted by Crippen LogP contribution is -2.48. The van der Waals surface area contributed by atoms with Crippen LogP contribution in [0.25, 0.3) is 0 Å². The number of carbonyl (C=O) groups is 3. The maximum absolute atomic E-state index is 12.0. The predicted octanol–water partition coefficient (Wildman–Crippen LogP) is 2.33. The van der Waals surface area contributed by atoms with Crippen LogP contribution in [0.5, 0.6) is 0 Å². The zero-order chi connectivity index (χ0) is 20.7. The highest BCUT2D eigenvalue weighted by Crippen LogP contribution is 2.39. The standard InChI is InChI=1S/C20H25N3O4S/c1-13-4-7-16(14(2)8-13)22-18(25)10-28-11-19(26)27-9-17(24)23-20(3,12-21)15-5-6-15/h4,7-8,15H,5-6,9-11H2,1-3H3,(H,22,25)(H,23,24)/t20-/m0/s1. The van der Waals surface area contributed by atoms with Gasteiger partial charge in [0.05, 0.1) is 17.6 Å². The van der Waals surface area contributed by atoms with Gasteiger partial charge < -0.3 is 15.4 Å². The van der Waals surface area contributed by atoms with E-state index in [1.54, 1.807) is 6.92 Å². The minimum absolute atomic E-state index is 0.0360. The molecular formula is C20H25N3O4S. The summed E-state index contributed by atoms with van der Waals surface area (Å²) < 4.78 is 4.91. The fourth-order valence-corrected chi connectivity index (χ4v) is 3.37. The quantitative estimate of drug-likeness (QED) is 0.613. The summed E-state index contributed by atoms with van der Waals surface area (Å²) in [7, 11) is 0. The molecule has 28 heavy (non-hydrogen) atoms. The number of hydrogen-bond donors (Lipinski definition) is 2. The van der Waals surface area contributed by atoms with E-state index in [0.717, 1.165) is 41.4 Å². The second kappa shape index (κ2) is 9.60. The van der Waals surface area contributed by atoms with Gasteiger partial charge in [-0.25, -0.2) is 0 Å². The number of esters is 1. The first-order valence-corrected chi connectivity index (χ1v) is 10.2. The SMILES string of the molecule is Cc1ccc(NC(=O)CSCC(=O)OCC(=O)N[C@@](C)(C#N)C2CC2)c(C)c1. The molecule has 0 saturated heterocycles. The molecule has 7 nitrogen and oxygen atoms in total. The summed E-state index contributed by atoms with van der Waals surface area (Å²) in [6, 6.07) is 7.85. The highest BCUT2D eigenvalue weighted by molar-refractivity contribution is 8.00. The van der Waals surface area contributed by atoms with Gasteiger partial charge in [0.25, 0.3) is 5.91 Å². The molecule has 0 radical (unpaired) electrons. The summed E-state index contributed by atoms with van der Waals surface area (Å²) in [6.45, 7) is 5.14. The van der Waals surface area contributed by atoms with Crippen molar-refractivity contribution in [1.29, 1.82) is 5.26 Å². The summed E-state index contributed by atoms with van der Waals surface area (Å²) in [5.74, 6) is -1.07. The molecule has 1 aliphatic rings. The minimum Gasteiger partial charge on any atom is -0.455 e. The smallest absolute Gasteiger partial charge is 0.316 e. The highest BCUT2D eigenvalue weighted by atomic mass is 32.2. The molecule has 150 valence electrons. The lowest BCUT2D eigenvalue weighted by Gasteiger charge is -2.22. The number of ether oxygens (including phenoxy) is 1. The van der Waals surface area contributed by atoms with Gasteiger partial charge in [0.2, 0.25) is 5.91 Å². The van der Waals surface area contributed by atoms with E-state index in [2.05, 4.69) is 16.7 Å². The molecule has 0 aliphatic heterocycles. The topological polar surface area (TPSA) is 108 Å². The van der Waals surface area contributed by atoms with Crippen LogP contribution in [0, 0.1) is 31.1 Å². The van der Waals surface area contributed by atoms with E-state index in [9.17, 15) is 19.6 Å². The lowest BCUT2D eigenvalue weighted by atomic mass is 9.98. The maximum Gasteiger partial charge on any atom is 0.316 e. The monoisotopic (exact) mass is 403 g/mol. The first-order valence-electron chi connectivity index (χ1n) is 9.06. The molecule has 1 atom stereocenters. The van der Waals surface area contributed by atoms with Crippen LogP contribution in [0.15, 0.2) is 18.2 Å². The normalized spacial score (nSPS) is 15.1. The van der Waals surface area contributed by atoms with Crippen LogP contribution >= 0.6 is 11.8 Å². The van der Waals surface area contributed by atoms with Crippen LogP contribution in [0.4, 0.5) is 5.69 Å². The Labute approximate surface area is 169 Å². The predicted molar refractivity (Wildman–Crippen MR) is 108 cm³/mol. The molecule has 0 aromatic heterocycles. The van der Waals surface area contributed by atoms with Gasteiger partial charge in [0, 0.05) is 5.69 Å². The van der Waals surface area contributed by atoms with Crippen molar-refractivity contribution >= 4 is 35.2 Å². The lowest BCUT2D eigenvalue weighted by molar-refractivity contribution is -0.146. The van der Waals surface area contributed by atoms with Gasteiger partial charge in [0.1, 0.15) is 5.54 Å². The van der Waals surface area contributed by atoms with Crippen LogP contribution in [-0.2, 0) is 19.1 Å². The molecule has 1 aromatic carbocycles. The summed E-state index contributed by atoms with van der Waals surface area (Å²) >= 11 is 1.11. The average Bonchev–Trinajstić information content (AvgIpc) is 3.48. The molecular weight excluding hydrogens is 378 g/mol. The van der Waals surface area contributed by atoms with Crippen LogP contribution in [-0.4, -0.2) is 41.4 Å². The number of nitrogens with zero attached hydrogens (tertiary/aromatic N) is 1. The Bertz CT molecular complexity index is 801. The molecule has 1 saturated carbocycles. The molecule has 0 spiro atoms. The Morgan fingerprint density at radius 3 is 2.57 bits per heavy atom. The number of anilines is 1. The molecule has 0 unspecified atom stereocenters. The first kappa shape index (κ1) is 21.8. The number of benzene rings is 1. The van der Waals surface area contributed by atoms with Crippen molar-refractivity contribution in [2.75, 3.05) is 23.4 Å². The number of nitrogens with one attached hydrogen (secondary N) is 2. The maximum atomic E-state index is 12.0. The van der Waals surface area contributed by atoms with Crippen molar-refractivity contribution in [3.63, 3.8) is 0 Å². The molecule has 2 amide bonds. The second-order valence-corrected chi connectivity index (χ2v) is 8.14. The van der Waals surface area contributed by atoms with Crippen molar-refractivity contribution in [3.8, 4) is 6.07 Å². The van der Waals surface area contributed by atoms with Gasteiger partial charge in [-0.05, 0) is 51.2 Å². The first-order chi connectivity index (χ1) is 13.2. The fourth-order valence-electron chi connectivity index (χ4n) is 2.76. The van der Waals surface area contributed by atoms with Crippen LogP contribution < -0.4 is 10.6 Å². The zero-order valence-corrected chi connectivity index (χ0v) is 17.1. The summed E-state index contributed by atoms with van der Waals surface area (Å²) in [5.41, 5.74) is 1.92. The van der Waals surface area contributed by atoms with E-state index < -0.39 is 24.0 Å². The van der Waals surface area contributed by atoms with Crippen molar-refractivity contribution in [2.45, 2.75) is 39.2 Å². The summed E-state index contributed by atoms with van der Waals surface area (Å²) in [5, 5.41) is 14.6. The summed E-state index contributed by atoms with van der Waals surface area (Å²) in [6.07, 6.45) is 1.82. The molecule has 1 aromatic rings. The van der Waals surface area contributed by atoms with Crippen molar-refractivity contribution in [2.24, 2.45) is 5.92 Å². The van der Waals surface area contributed by atoms with Crippen LogP contribution in [0.3, 0.4) is 0 Å². The number of nitriles is 1. The fraction of sp³-hybridized carbons (Fsp3) is 0.500. The molecule has 2 rings (SSSR count). The summed E-state index contributed by atoms with van der Waals surface area (Å²) in [4.78, 5) is 35.6. The van der Waals surface area contributed by atoms with Gasteiger partial charge in [-0.3, -0.25) is 14.4 Å². The van der Waals surface area contributed by atoms with E-state index in [-0.39, 0.29) is 23.3 Å². The molecule has 2 N–H and O–H groups in total. The average molecular weight is 404 g/mol. The van der Waals surface area contributed by atoms with Gasteiger partial charge in [0.15, 0.2) is 6.61 Å². The zero-order valence-electron chi connectivity index (χ0n) is 16.3. The highest BCUT2D eigenvalue weighted by Gasteiger charge is 2.43. The molecule has 0 bridgehead atoms. The number of amides is 2. The number of hydrogen-bond acceptors (Lipinski definition) is 6. The van der Waals surface area contributed by atoms with E-state index >= 15 is 0 Å². The molecule has 1 aliphatic carbocycles. The van der Waals surface area contributed by atoms with Gasteiger partial charge >= 0.3 is 5.97 Å². The number of aryl methyl sites for hydroxylation is 2. The van der Waals surface area contributed by atoms with E-state index in [1.807, 2.05) is 32.0 Å². The molecule has 0 heterocycles. The van der Waals surface area contributed by atoms with Gasteiger partial charge in [-0.15, -0.1) is 11.8 Å². The van der Waals surface area contributed by atoms with Crippen LogP contribution in [0.2, 0.25) is 0 Å². The largest absolute Gasteiger partial charge is 0.455 e. The van der Waals surface area contributed by atoms with E-state index in [1.165, 1.54) is 0 Å². The Balaban J connectivity index is 1.65. The third-order valence-electron chi connectivity index (χ3n) is 4.50. The van der Waals surface area contributed by atoms with E-state index in [0.29, 0.717) is 0 Å². The van der Waals surface area contributed by atoms with Crippen molar-refractivity contribution in [1.82, 2.24) is 5.32 Å². The van der Waals surface area contributed by atoms with Crippen molar-refractivity contribution in [3.05, 3.63) is 29.3 Å².